The minimum absolute atomic E-state index is 0.0595. The fourth-order valence-electron chi connectivity index (χ4n) is 3.82. The second-order valence-corrected chi connectivity index (χ2v) is 10.1. The maximum absolute atomic E-state index is 14.8. The summed E-state index contributed by atoms with van der Waals surface area (Å²) >= 11 is 1.39. The molecule has 1 aromatic carbocycles. The number of rotatable bonds is 4. The first-order valence-corrected chi connectivity index (χ1v) is 11.2. The van der Waals surface area contributed by atoms with Crippen molar-refractivity contribution >= 4 is 29.4 Å². The highest BCUT2D eigenvalue weighted by Crippen LogP contribution is 2.47. The predicted octanol–water partition coefficient (Wildman–Crippen LogP) is 3.30. The number of hydrogen-bond donors (Lipinski definition) is 1. The lowest BCUT2D eigenvalue weighted by atomic mass is 9.87. The first-order valence-electron chi connectivity index (χ1n) is 10.2. The van der Waals surface area contributed by atoms with Crippen LogP contribution in [0.1, 0.15) is 55.7 Å². The predicted molar refractivity (Wildman–Crippen MR) is 116 cm³/mol. The normalized spacial score (nSPS) is 19.4. The van der Waals surface area contributed by atoms with Crippen molar-refractivity contribution in [2.24, 2.45) is 7.05 Å². The van der Waals surface area contributed by atoms with E-state index in [2.05, 4.69) is 26.1 Å². The number of aromatic nitrogens is 2. The van der Waals surface area contributed by atoms with E-state index in [0.717, 1.165) is 24.1 Å². The van der Waals surface area contributed by atoms with Gasteiger partial charge in [-0.1, -0.05) is 39.0 Å². The zero-order valence-electron chi connectivity index (χ0n) is 17.7. The third kappa shape index (κ3) is 3.97. The Morgan fingerprint density at radius 2 is 2.00 bits per heavy atom. The van der Waals surface area contributed by atoms with Gasteiger partial charge < -0.3 is 5.32 Å². The van der Waals surface area contributed by atoms with Crippen molar-refractivity contribution in [3.63, 3.8) is 0 Å². The van der Waals surface area contributed by atoms with Crippen molar-refractivity contribution in [2.75, 3.05) is 17.2 Å². The molecule has 1 N–H and O–H groups in total. The van der Waals surface area contributed by atoms with Crippen LogP contribution in [0, 0.1) is 5.82 Å². The fraction of sp³-hybridized carbons (Fsp3) is 0.500. The van der Waals surface area contributed by atoms with E-state index in [9.17, 15) is 14.0 Å². The van der Waals surface area contributed by atoms with Gasteiger partial charge in [-0.05, 0) is 18.9 Å². The smallest absolute Gasteiger partial charge is 0.240 e. The van der Waals surface area contributed by atoms with Gasteiger partial charge >= 0.3 is 0 Å². The average Bonchev–Trinajstić information content (AvgIpc) is 3.42. The van der Waals surface area contributed by atoms with Crippen LogP contribution in [0.5, 0.6) is 0 Å². The molecule has 4 rings (SSSR count). The number of anilines is 1. The van der Waals surface area contributed by atoms with E-state index in [1.165, 1.54) is 22.7 Å². The van der Waals surface area contributed by atoms with E-state index in [4.69, 9.17) is 5.10 Å². The first-order chi connectivity index (χ1) is 14.2. The molecule has 1 fully saturated rings. The Hall–Kier alpha value is -2.35. The maximum Gasteiger partial charge on any atom is 0.240 e. The summed E-state index contributed by atoms with van der Waals surface area (Å²) in [5.41, 5.74) is 1.83. The summed E-state index contributed by atoms with van der Waals surface area (Å²) in [5, 5.41) is 7.30. The Labute approximate surface area is 180 Å². The van der Waals surface area contributed by atoms with E-state index < -0.39 is 0 Å². The van der Waals surface area contributed by atoms with Gasteiger partial charge in [-0.3, -0.25) is 19.2 Å². The maximum atomic E-state index is 14.8. The van der Waals surface area contributed by atoms with Gasteiger partial charge in [0.05, 0.1) is 16.7 Å². The lowest BCUT2D eigenvalue weighted by Crippen LogP contribution is -2.43. The van der Waals surface area contributed by atoms with Crippen molar-refractivity contribution < 1.29 is 14.0 Å². The fourth-order valence-corrected chi connectivity index (χ4v) is 5.04. The van der Waals surface area contributed by atoms with Crippen LogP contribution in [-0.4, -0.2) is 39.9 Å². The zero-order valence-corrected chi connectivity index (χ0v) is 18.6. The molecule has 8 heteroatoms. The van der Waals surface area contributed by atoms with Crippen LogP contribution in [0.2, 0.25) is 0 Å². The van der Waals surface area contributed by atoms with Gasteiger partial charge in [0.15, 0.2) is 0 Å². The van der Waals surface area contributed by atoms with Crippen LogP contribution in [0.25, 0.3) is 0 Å². The Morgan fingerprint density at radius 1 is 1.30 bits per heavy atom. The summed E-state index contributed by atoms with van der Waals surface area (Å²) in [6, 6.07) is 6.89. The van der Waals surface area contributed by atoms with E-state index in [0.29, 0.717) is 11.4 Å². The van der Waals surface area contributed by atoms with Crippen LogP contribution in [0.3, 0.4) is 0 Å². The monoisotopic (exact) mass is 430 g/mol. The van der Waals surface area contributed by atoms with Crippen molar-refractivity contribution in [1.82, 2.24) is 15.1 Å². The van der Waals surface area contributed by atoms with Crippen LogP contribution in [0.15, 0.2) is 24.3 Å². The van der Waals surface area contributed by atoms with Gasteiger partial charge in [-0.2, -0.15) is 5.10 Å². The molecule has 0 bridgehead atoms. The van der Waals surface area contributed by atoms with Crippen LogP contribution in [0.4, 0.5) is 10.2 Å². The molecule has 1 aromatic heterocycles. The number of nitrogens with zero attached hydrogens (tertiary/aromatic N) is 3. The van der Waals surface area contributed by atoms with Gasteiger partial charge in [-0.15, -0.1) is 11.8 Å². The third-order valence-electron chi connectivity index (χ3n) is 5.39. The summed E-state index contributed by atoms with van der Waals surface area (Å²) in [6.07, 6.45) is 1.96. The molecule has 160 valence electrons. The summed E-state index contributed by atoms with van der Waals surface area (Å²) in [7, 11) is 1.78. The number of amides is 2. The topological polar surface area (TPSA) is 67.2 Å². The SMILES string of the molecule is Cn1nc(C(C)(C)C)c2c1N(CC(=O)NC1CC1)C(=O)CSC2c1ccccc1F. The largest absolute Gasteiger partial charge is 0.352 e. The van der Waals surface area contributed by atoms with E-state index in [1.54, 1.807) is 29.9 Å². The highest BCUT2D eigenvalue weighted by atomic mass is 32.2. The number of benzene rings is 1. The number of nitrogens with one attached hydrogen (secondary N) is 1. The number of aryl methyl sites for hydroxylation is 1. The highest BCUT2D eigenvalue weighted by Gasteiger charge is 2.39. The van der Waals surface area contributed by atoms with E-state index in [1.807, 2.05) is 0 Å². The lowest BCUT2D eigenvalue weighted by molar-refractivity contribution is -0.123. The molecule has 2 aromatic rings. The van der Waals surface area contributed by atoms with Gasteiger partial charge in [0.1, 0.15) is 18.2 Å². The summed E-state index contributed by atoms with van der Waals surface area (Å²) in [5.74, 6) is 0.0823. The molecular formula is C22H27FN4O2S. The quantitative estimate of drug-likeness (QED) is 0.808. The molecule has 0 spiro atoms. The molecule has 2 amide bonds. The van der Waals surface area contributed by atoms with Crippen molar-refractivity contribution in [3.05, 3.63) is 46.9 Å². The molecule has 6 nitrogen and oxygen atoms in total. The van der Waals surface area contributed by atoms with E-state index >= 15 is 0 Å². The second kappa shape index (κ2) is 7.72. The molecule has 2 heterocycles. The number of fused-ring (bicyclic) bond motifs is 1. The lowest BCUT2D eigenvalue weighted by Gasteiger charge is -2.24. The summed E-state index contributed by atoms with van der Waals surface area (Å²) in [4.78, 5) is 27.1. The third-order valence-corrected chi connectivity index (χ3v) is 6.62. The Balaban J connectivity index is 1.85. The number of hydrogen-bond acceptors (Lipinski definition) is 4. The minimum atomic E-state index is -0.385. The van der Waals surface area contributed by atoms with Gasteiger partial charge in [0.25, 0.3) is 0 Å². The standard InChI is InChI=1S/C22H27FN4O2S/c1-22(2,3)20-18-19(14-7-5-6-8-15(14)23)30-12-17(29)27(21(18)26(4)25-20)11-16(28)24-13-9-10-13/h5-8,13,19H,9-12H2,1-4H3,(H,24,28). The molecule has 1 unspecified atom stereocenters. The molecule has 0 radical (unpaired) electrons. The molecule has 2 aliphatic rings. The molecule has 1 atom stereocenters. The second-order valence-electron chi connectivity index (χ2n) is 8.99. The summed E-state index contributed by atoms with van der Waals surface area (Å²) in [6.45, 7) is 6.09. The van der Waals surface area contributed by atoms with Crippen molar-refractivity contribution in [1.29, 1.82) is 0 Å². The van der Waals surface area contributed by atoms with Gasteiger partial charge in [0.2, 0.25) is 11.8 Å². The number of carbonyl (C=O) groups excluding carboxylic acids is 2. The highest BCUT2D eigenvalue weighted by molar-refractivity contribution is 8.00. The molecule has 1 saturated carbocycles. The van der Waals surface area contributed by atoms with Crippen molar-refractivity contribution in [2.45, 2.75) is 50.3 Å². The Kier molecular flexibility index (Phi) is 5.38. The molecule has 1 aliphatic carbocycles. The van der Waals surface area contributed by atoms with Crippen LogP contribution >= 0.6 is 11.8 Å². The Bertz CT molecular complexity index is 994. The van der Waals surface area contributed by atoms with Gasteiger partial charge in [-0.25, -0.2) is 4.39 Å². The molecule has 0 saturated heterocycles. The first kappa shape index (κ1) is 20.9. The molecule has 1 aliphatic heterocycles. The average molecular weight is 431 g/mol. The molecular weight excluding hydrogens is 403 g/mol. The molecule has 30 heavy (non-hydrogen) atoms. The number of halogens is 1. The van der Waals surface area contributed by atoms with Crippen molar-refractivity contribution in [3.8, 4) is 0 Å². The summed E-state index contributed by atoms with van der Waals surface area (Å²) < 4.78 is 16.5. The van der Waals surface area contributed by atoms with Crippen LogP contribution in [-0.2, 0) is 22.1 Å². The van der Waals surface area contributed by atoms with Crippen LogP contribution < -0.4 is 10.2 Å². The van der Waals surface area contributed by atoms with Gasteiger partial charge in [0, 0.05) is 29.6 Å². The number of carbonyl (C=O) groups is 2. The zero-order chi connectivity index (χ0) is 21.6. The minimum Gasteiger partial charge on any atom is -0.352 e. The Morgan fingerprint density at radius 3 is 2.63 bits per heavy atom. The van der Waals surface area contributed by atoms with E-state index in [-0.39, 0.29) is 46.6 Å². The number of thioether (sulfide) groups is 1.